The van der Waals surface area contributed by atoms with Gasteiger partial charge in [-0.2, -0.15) is 0 Å². The number of hydrogen-bond acceptors (Lipinski definition) is 2. The van der Waals surface area contributed by atoms with E-state index in [0.29, 0.717) is 22.1 Å². The van der Waals surface area contributed by atoms with Crippen LogP contribution in [0.4, 0.5) is 0 Å². The molecule has 0 aliphatic carbocycles. The minimum atomic E-state index is -3.40. The molecule has 0 aliphatic rings. The van der Waals surface area contributed by atoms with E-state index in [0.717, 1.165) is 0 Å². The molecule has 0 saturated heterocycles. The maximum Gasteiger partial charge on any atom is 0.202 e. The van der Waals surface area contributed by atoms with Crippen LogP contribution in [0.2, 0.25) is 0 Å². The predicted octanol–water partition coefficient (Wildman–Crippen LogP) is 4.05. The van der Waals surface area contributed by atoms with Crippen LogP contribution in [0, 0.1) is 11.3 Å². The summed E-state index contributed by atoms with van der Waals surface area (Å²) in [6, 6.07) is 8.49. The molecule has 0 amide bonds. The SMILES string of the molecule is C=C(CC(C)(C)C(C)C)S(=O)(=O)c1ccccc1. The highest BCUT2D eigenvalue weighted by molar-refractivity contribution is 7.95. The van der Waals surface area contributed by atoms with Crippen LogP contribution in [0.25, 0.3) is 0 Å². The molecule has 18 heavy (non-hydrogen) atoms. The molecular weight excluding hydrogens is 244 g/mol. The normalized spacial score (nSPS) is 12.7. The van der Waals surface area contributed by atoms with Crippen molar-refractivity contribution < 1.29 is 8.42 Å². The average Bonchev–Trinajstić information content (AvgIpc) is 2.29. The minimum absolute atomic E-state index is 0.0705. The van der Waals surface area contributed by atoms with E-state index in [1.165, 1.54) is 0 Å². The molecule has 1 aromatic carbocycles. The largest absolute Gasteiger partial charge is 0.219 e. The Kier molecular flexibility index (Phi) is 4.38. The molecule has 1 rings (SSSR count). The standard InChI is InChI=1S/C15H22O2S/c1-12(2)15(4,5)11-13(3)18(16,17)14-9-7-6-8-10-14/h6-10,12H,3,11H2,1-2,4-5H3. The summed E-state index contributed by atoms with van der Waals surface area (Å²) in [5, 5.41) is 0. The Morgan fingerprint density at radius 3 is 2.17 bits per heavy atom. The zero-order chi connectivity index (χ0) is 14.0. The summed E-state index contributed by atoms with van der Waals surface area (Å²) in [4.78, 5) is 0.627. The van der Waals surface area contributed by atoms with Crippen LogP contribution in [-0.4, -0.2) is 8.42 Å². The van der Waals surface area contributed by atoms with E-state index in [1.54, 1.807) is 30.3 Å². The van der Waals surface area contributed by atoms with Gasteiger partial charge in [0.1, 0.15) is 0 Å². The highest BCUT2D eigenvalue weighted by Gasteiger charge is 2.28. The van der Waals surface area contributed by atoms with Gasteiger partial charge in [-0.3, -0.25) is 0 Å². The Morgan fingerprint density at radius 1 is 1.22 bits per heavy atom. The number of allylic oxidation sites excluding steroid dienone is 1. The van der Waals surface area contributed by atoms with Crippen molar-refractivity contribution in [3.63, 3.8) is 0 Å². The molecule has 0 unspecified atom stereocenters. The van der Waals surface area contributed by atoms with Gasteiger partial charge in [-0.25, -0.2) is 8.42 Å². The quantitative estimate of drug-likeness (QED) is 0.806. The summed E-state index contributed by atoms with van der Waals surface area (Å²) < 4.78 is 24.7. The highest BCUT2D eigenvalue weighted by atomic mass is 32.2. The van der Waals surface area contributed by atoms with Crippen molar-refractivity contribution in [1.29, 1.82) is 0 Å². The molecule has 0 radical (unpaired) electrons. The molecule has 2 nitrogen and oxygen atoms in total. The summed E-state index contributed by atoms with van der Waals surface area (Å²) in [7, 11) is -3.40. The number of rotatable bonds is 5. The number of hydrogen-bond donors (Lipinski definition) is 0. The lowest BCUT2D eigenvalue weighted by atomic mass is 9.78. The number of sulfone groups is 1. The van der Waals surface area contributed by atoms with Crippen LogP contribution in [0.1, 0.15) is 34.1 Å². The van der Waals surface area contributed by atoms with Crippen molar-refractivity contribution >= 4 is 9.84 Å². The van der Waals surface area contributed by atoms with Crippen LogP contribution in [0.3, 0.4) is 0 Å². The van der Waals surface area contributed by atoms with Gasteiger partial charge >= 0.3 is 0 Å². The fraction of sp³-hybridized carbons (Fsp3) is 0.467. The fourth-order valence-electron chi connectivity index (χ4n) is 1.57. The number of benzene rings is 1. The van der Waals surface area contributed by atoms with Crippen molar-refractivity contribution in [3.8, 4) is 0 Å². The van der Waals surface area contributed by atoms with E-state index in [4.69, 9.17) is 0 Å². The minimum Gasteiger partial charge on any atom is -0.219 e. The van der Waals surface area contributed by atoms with Gasteiger partial charge in [0.2, 0.25) is 9.84 Å². The lowest BCUT2D eigenvalue weighted by molar-refractivity contribution is 0.251. The second kappa shape index (κ2) is 5.27. The third kappa shape index (κ3) is 3.22. The first-order chi connectivity index (χ1) is 8.18. The summed E-state index contributed by atoms with van der Waals surface area (Å²) in [5.74, 6) is 0.403. The van der Waals surface area contributed by atoms with Gasteiger partial charge in [0.25, 0.3) is 0 Å². The third-order valence-corrected chi connectivity index (χ3v) is 5.45. The Bertz CT molecular complexity index is 511. The Hall–Kier alpha value is -1.09. The van der Waals surface area contributed by atoms with Gasteiger partial charge in [0.15, 0.2) is 0 Å². The lowest BCUT2D eigenvalue weighted by Crippen LogP contribution is -2.22. The van der Waals surface area contributed by atoms with E-state index >= 15 is 0 Å². The van der Waals surface area contributed by atoms with E-state index in [1.807, 2.05) is 0 Å². The maximum absolute atomic E-state index is 12.3. The van der Waals surface area contributed by atoms with Crippen LogP contribution in [-0.2, 0) is 9.84 Å². The Morgan fingerprint density at radius 2 is 1.72 bits per heavy atom. The monoisotopic (exact) mass is 266 g/mol. The molecule has 0 atom stereocenters. The molecule has 0 heterocycles. The molecule has 0 saturated carbocycles. The fourth-order valence-corrected chi connectivity index (χ4v) is 2.98. The highest BCUT2D eigenvalue weighted by Crippen LogP contribution is 2.35. The second-order valence-corrected chi connectivity index (χ2v) is 7.73. The van der Waals surface area contributed by atoms with Crippen molar-refractivity contribution in [2.24, 2.45) is 11.3 Å². The van der Waals surface area contributed by atoms with Crippen molar-refractivity contribution in [3.05, 3.63) is 41.8 Å². The summed E-state index contributed by atoms with van der Waals surface area (Å²) in [5.41, 5.74) is -0.0705. The van der Waals surface area contributed by atoms with Crippen LogP contribution in [0.5, 0.6) is 0 Å². The van der Waals surface area contributed by atoms with Crippen molar-refractivity contribution in [2.75, 3.05) is 0 Å². The Balaban J connectivity index is 2.99. The van der Waals surface area contributed by atoms with Gasteiger partial charge in [-0.05, 0) is 29.9 Å². The molecular formula is C15H22O2S. The van der Waals surface area contributed by atoms with Gasteiger partial charge in [0.05, 0.1) is 4.90 Å². The average molecular weight is 266 g/mol. The first kappa shape index (κ1) is 15.0. The van der Waals surface area contributed by atoms with Crippen LogP contribution < -0.4 is 0 Å². The molecule has 1 aromatic rings. The summed E-state index contributed by atoms with van der Waals surface area (Å²) in [6.07, 6.45) is 0.488. The lowest BCUT2D eigenvalue weighted by Gasteiger charge is -2.29. The predicted molar refractivity (Wildman–Crippen MR) is 76.0 cm³/mol. The second-order valence-electron chi connectivity index (χ2n) is 5.68. The summed E-state index contributed by atoms with van der Waals surface area (Å²) >= 11 is 0. The molecule has 3 heteroatoms. The topological polar surface area (TPSA) is 34.1 Å². The molecule has 0 aromatic heterocycles. The van der Waals surface area contributed by atoms with Gasteiger partial charge in [-0.1, -0.05) is 52.5 Å². The first-order valence-corrected chi connectivity index (χ1v) is 7.64. The first-order valence-electron chi connectivity index (χ1n) is 6.16. The van der Waals surface area contributed by atoms with Gasteiger partial charge < -0.3 is 0 Å². The van der Waals surface area contributed by atoms with Crippen molar-refractivity contribution in [1.82, 2.24) is 0 Å². The van der Waals surface area contributed by atoms with E-state index in [9.17, 15) is 8.42 Å². The van der Waals surface area contributed by atoms with Crippen molar-refractivity contribution in [2.45, 2.75) is 39.0 Å². The molecule has 0 aliphatic heterocycles. The molecule has 0 spiro atoms. The van der Waals surface area contributed by atoms with E-state index in [2.05, 4.69) is 34.3 Å². The third-order valence-electron chi connectivity index (χ3n) is 3.65. The summed E-state index contributed by atoms with van der Waals surface area (Å²) in [6.45, 7) is 12.1. The zero-order valence-electron chi connectivity index (χ0n) is 11.6. The molecule has 0 N–H and O–H groups in total. The van der Waals surface area contributed by atoms with E-state index < -0.39 is 9.84 Å². The van der Waals surface area contributed by atoms with Crippen LogP contribution in [0.15, 0.2) is 46.7 Å². The zero-order valence-corrected chi connectivity index (χ0v) is 12.4. The molecule has 100 valence electrons. The molecule has 0 bridgehead atoms. The molecule has 0 fully saturated rings. The van der Waals surface area contributed by atoms with E-state index in [-0.39, 0.29) is 5.41 Å². The van der Waals surface area contributed by atoms with Crippen LogP contribution >= 0.6 is 0 Å². The van der Waals surface area contributed by atoms with Gasteiger partial charge in [0, 0.05) is 4.91 Å². The maximum atomic E-state index is 12.3. The smallest absolute Gasteiger partial charge is 0.202 e. The van der Waals surface area contributed by atoms with Gasteiger partial charge in [-0.15, -0.1) is 0 Å². The Labute approximate surface area is 111 Å².